The Morgan fingerprint density at radius 1 is 1.00 bits per heavy atom. The molecule has 0 spiro atoms. The Labute approximate surface area is 133 Å². The summed E-state index contributed by atoms with van der Waals surface area (Å²) in [5.41, 5.74) is 10.1. The smallest absolute Gasteiger partial charge is 0.0347 e. The van der Waals surface area contributed by atoms with Gasteiger partial charge in [-0.25, -0.2) is 0 Å². The first-order valence-electron chi connectivity index (χ1n) is 7.13. The molecule has 0 radical (unpaired) electrons. The van der Waals surface area contributed by atoms with Crippen molar-refractivity contribution >= 4 is 26.7 Å². The fraction of sp³-hybridized carbons (Fsp3) is 0.158. The highest BCUT2D eigenvalue weighted by Gasteiger charge is 2.12. The molecule has 0 aliphatic rings. The molecule has 1 atom stereocenters. The predicted molar refractivity (Wildman–Crippen MR) is 93.5 cm³/mol. The van der Waals surface area contributed by atoms with Crippen molar-refractivity contribution in [3.63, 3.8) is 0 Å². The summed E-state index contributed by atoms with van der Waals surface area (Å²) >= 11 is 3.63. The second-order valence-electron chi connectivity index (χ2n) is 5.47. The van der Waals surface area contributed by atoms with Crippen LogP contribution in [0.4, 0.5) is 0 Å². The van der Waals surface area contributed by atoms with Gasteiger partial charge in [0, 0.05) is 10.5 Å². The van der Waals surface area contributed by atoms with Crippen molar-refractivity contribution in [2.24, 2.45) is 5.73 Å². The monoisotopic (exact) mass is 339 g/mol. The predicted octanol–water partition coefficient (Wildman–Crippen LogP) is 5.15. The standard InChI is InChI=1S/C19H18BrN/c1-13-9-10-17(18(20)11-13)19(21)12-15-7-4-6-14-5-2-3-8-16(14)15/h2-11,19H,12,21H2,1H3. The molecule has 0 aliphatic heterocycles. The second-order valence-corrected chi connectivity index (χ2v) is 6.33. The van der Waals surface area contributed by atoms with Gasteiger partial charge >= 0.3 is 0 Å². The van der Waals surface area contributed by atoms with Crippen molar-refractivity contribution in [1.29, 1.82) is 0 Å². The molecule has 0 saturated carbocycles. The minimum Gasteiger partial charge on any atom is -0.324 e. The van der Waals surface area contributed by atoms with E-state index < -0.39 is 0 Å². The highest BCUT2D eigenvalue weighted by molar-refractivity contribution is 9.10. The van der Waals surface area contributed by atoms with Crippen molar-refractivity contribution in [3.8, 4) is 0 Å². The molecule has 1 nitrogen and oxygen atoms in total. The summed E-state index contributed by atoms with van der Waals surface area (Å²) in [5, 5.41) is 2.56. The second kappa shape index (κ2) is 6.00. The van der Waals surface area contributed by atoms with E-state index in [-0.39, 0.29) is 6.04 Å². The summed E-state index contributed by atoms with van der Waals surface area (Å²) in [6, 6.07) is 21.2. The Hall–Kier alpha value is -1.64. The molecule has 1 unspecified atom stereocenters. The summed E-state index contributed by atoms with van der Waals surface area (Å²) in [6.45, 7) is 2.09. The van der Waals surface area contributed by atoms with Crippen molar-refractivity contribution in [2.75, 3.05) is 0 Å². The van der Waals surface area contributed by atoms with Gasteiger partial charge in [0.2, 0.25) is 0 Å². The Morgan fingerprint density at radius 3 is 2.57 bits per heavy atom. The maximum absolute atomic E-state index is 6.44. The number of benzene rings is 3. The zero-order valence-corrected chi connectivity index (χ0v) is 13.6. The van der Waals surface area contributed by atoms with Crippen LogP contribution in [0, 0.1) is 6.92 Å². The van der Waals surface area contributed by atoms with Crippen LogP contribution in [-0.4, -0.2) is 0 Å². The van der Waals surface area contributed by atoms with Crippen molar-refractivity contribution in [2.45, 2.75) is 19.4 Å². The number of hydrogen-bond donors (Lipinski definition) is 1. The van der Waals surface area contributed by atoms with Gasteiger partial charge < -0.3 is 5.73 Å². The van der Waals surface area contributed by atoms with E-state index in [1.165, 1.54) is 21.9 Å². The van der Waals surface area contributed by atoms with Crippen LogP contribution in [0.2, 0.25) is 0 Å². The van der Waals surface area contributed by atoms with Gasteiger partial charge in [0.05, 0.1) is 0 Å². The first kappa shape index (κ1) is 14.3. The SMILES string of the molecule is Cc1ccc(C(N)Cc2cccc3ccccc23)c(Br)c1. The molecular formula is C19H18BrN. The average Bonchev–Trinajstić information content (AvgIpc) is 2.47. The third-order valence-corrected chi connectivity index (χ3v) is 4.56. The maximum Gasteiger partial charge on any atom is 0.0347 e. The zero-order chi connectivity index (χ0) is 14.8. The van der Waals surface area contributed by atoms with Crippen LogP contribution in [0.3, 0.4) is 0 Å². The topological polar surface area (TPSA) is 26.0 Å². The summed E-state index contributed by atoms with van der Waals surface area (Å²) in [4.78, 5) is 0. The highest BCUT2D eigenvalue weighted by Crippen LogP contribution is 2.28. The van der Waals surface area contributed by atoms with Gasteiger partial charge in [-0.3, -0.25) is 0 Å². The molecule has 0 heterocycles. The van der Waals surface area contributed by atoms with E-state index in [0.717, 1.165) is 16.5 Å². The van der Waals surface area contributed by atoms with Crippen LogP contribution in [-0.2, 0) is 6.42 Å². The van der Waals surface area contributed by atoms with Gasteiger partial charge in [0.1, 0.15) is 0 Å². The minimum atomic E-state index is -0.00854. The van der Waals surface area contributed by atoms with Crippen LogP contribution in [0.1, 0.15) is 22.7 Å². The molecular weight excluding hydrogens is 322 g/mol. The fourth-order valence-electron chi connectivity index (χ4n) is 2.75. The van der Waals surface area contributed by atoms with Gasteiger partial charge in [-0.2, -0.15) is 0 Å². The molecule has 21 heavy (non-hydrogen) atoms. The molecule has 0 amide bonds. The quantitative estimate of drug-likeness (QED) is 0.701. The summed E-state index contributed by atoms with van der Waals surface area (Å²) in [6.07, 6.45) is 0.836. The van der Waals surface area contributed by atoms with Crippen molar-refractivity contribution < 1.29 is 0 Å². The summed E-state index contributed by atoms with van der Waals surface area (Å²) in [7, 11) is 0. The first-order valence-corrected chi connectivity index (χ1v) is 7.93. The van der Waals surface area contributed by atoms with Crippen LogP contribution in [0.15, 0.2) is 65.1 Å². The lowest BCUT2D eigenvalue weighted by Gasteiger charge is -2.16. The number of rotatable bonds is 3. The van der Waals surface area contributed by atoms with Crippen molar-refractivity contribution in [3.05, 3.63) is 81.8 Å². The Kier molecular flexibility index (Phi) is 4.09. The number of nitrogens with two attached hydrogens (primary N) is 1. The number of halogens is 1. The normalized spacial score (nSPS) is 12.5. The average molecular weight is 340 g/mol. The lowest BCUT2D eigenvalue weighted by Crippen LogP contribution is -2.14. The van der Waals surface area contributed by atoms with E-state index in [0.29, 0.717) is 0 Å². The molecule has 2 N–H and O–H groups in total. The minimum absolute atomic E-state index is 0.00854. The van der Waals surface area contributed by atoms with E-state index in [4.69, 9.17) is 5.73 Å². The molecule has 2 heteroatoms. The van der Waals surface area contributed by atoms with Crippen LogP contribution in [0.25, 0.3) is 10.8 Å². The molecule has 0 saturated heterocycles. The maximum atomic E-state index is 6.44. The third kappa shape index (κ3) is 3.02. The zero-order valence-electron chi connectivity index (χ0n) is 12.0. The molecule has 3 aromatic carbocycles. The van der Waals surface area contributed by atoms with E-state index in [1.807, 2.05) is 0 Å². The first-order chi connectivity index (χ1) is 10.1. The van der Waals surface area contributed by atoms with Crippen LogP contribution >= 0.6 is 15.9 Å². The Morgan fingerprint density at radius 2 is 1.76 bits per heavy atom. The largest absolute Gasteiger partial charge is 0.324 e. The molecule has 3 rings (SSSR count). The van der Waals surface area contributed by atoms with E-state index in [9.17, 15) is 0 Å². The molecule has 3 aromatic rings. The number of fused-ring (bicyclic) bond motifs is 1. The fourth-order valence-corrected chi connectivity index (χ4v) is 3.54. The molecule has 106 valence electrons. The molecule has 0 aromatic heterocycles. The molecule has 0 aliphatic carbocycles. The summed E-state index contributed by atoms with van der Waals surface area (Å²) < 4.78 is 1.09. The number of hydrogen-bond acceptors (Lipinski definition) is 1. The van der Waals surface area contributed by atoms with E-state index in [1.54, 1.807) is 0 Å². The van der Waals surface area contributed by atoms with E-state index >= 15 is 0 Å². The molecule has 0 bridgehead atoms. The van der Waals surface area contributed by atoms with Gasteiger partial charge in [-0.1, -0.05) is 70.5 Å². The van der Waals surface area contributed by atoms with Crippen LogP contribution in [0.5, 0.6) is 0 Å². The van der Waals surface area contributed by atoms with Crippen molar-refractivity contribution in [1.82, 2.24) is 0 Å². The van der Waals surface area contributed by atoms with Crippen LogP contribution < -0.4 is 5.73 Å². The lowest BCUT2D eigenvalue weighted by molar-refractivity contribution is 0.721. The summed E-state index contributed by atoms with van der Waals surface area (Å²) in [5.74, 6) is 0. The van der Waals surface area contributed by atoms with Gasteiger partial charge in [-0.15, -0.1) is 0 Å². The van der Waals surface area contributed by atoms with Gasteiger partial charge in [0.25, 0.3) is 0 Å². The van der Waals surface area contributed by atoms with Gasteiger partial charge in [0.15, 0.2) is 0 Å². The number of aryl methyl sites for hydroxylation is 1. The molecule has 0 fully saturated rings. The highest BCUT2D eigenvalue weighted by atomic mass is 79.9. The third-order valence-electron chi connectivity index (χ3n) is 3.88. The Bertz CT molecular complexity index is 774. The lowest BCUT2D eigenvalue weighted by atomic mass is 9.95. The van der Waals surface area contributed by atoms with E-state index in [2.05, 4.69) is 83.5 Å². The van der Waals surface area contributed by atoms with Gasteiger partial charge in [-0.05, 0) is 46.9 Å². The Balaban J connectivity index is 1.94.